The van der Waals surface area contributed by atoms with Crippen LogP contribution in [0.15, 0.2) is 11.8 Å². The predicted octanol–water partition coefficient (Wildman–Crippen LogP) is 1.45. The highest BCUT2D eigenvalue weighted by atomic mass is 16.5. The fraction of sp³-hybridized carbons (Fsp3) is 0.667. The first-order valence-electron chi connectivity index (χ1n) is 4.29. The third-order valence-electron chi connectivity index (χ3n) is 1.31. The summed E-state index contributed by atoms with van der Waals surface area (Å²) in [6, 6.07) is 0. The minimum absolute atomic E-state index is 0.249. The van der Waals surface area contributed by atoms with Gasteiger partial charge in [0.25, 0.3) is 0 Å². The molecule has 0 bridgehead atoms. The monoisotopic (exact) mass is 171 g/mol. The molecule has 0 saturated heterocycles. The molecule has 3 heteroatoms. The van der Waals surface area contributed by atoms with E-state index in [0.717, 1.165) is 13.0 Å². The van der Waals surface area contributed by atoms with Gasteiger partial charge in [0.15, 0.2) is 0 Å². The second-order valence-electron chi connectivity index (χ2n) is 2.50. The number of carbonyl (C=O) groups is 1. The molecule has 0 aromatic carbocycles. The normalized spacial score (nSPS) is 11.1. The lowest BCUT2D eigenvalue weighted by Crippen LogP contribution is -2.11. The first kappa shape index (κ1) is 11.0. The van der Waals surface area contributed by atoms with Crippen molar-refractivity contribution in [1.29, 1.82) is 0 Å². The number of esters is 1. The standard InChI is InChI=1S/C9H17NO2/c1-4-6-10-7-8(3)9(11)12-5-2/h7,10H,4-6H2,1-3H3/b8-7-. The molecule has 12 heavy (non-hydrogen) atoms. The molecule has 0 fully saturated rings. The molecule has 0 spiro atoms. The molecule has 0 radical (unpaired) electrons. The van der Waals surface area contributed by atoms with Gasteiger partial charge in [-0.05, 0) is 20.3 Å². The van der Waals surface area contributed by atoms with Crippen LogP contribution in [0.4, 0.5) is 0 Å². The third kappa shape index (κ3) is 4.77. The van der Waals surface area contributed by atoms with E-state index in [0.29, 0.717) is 12.2 Å². The number of hydrogen-bond donors (Lipinski definition) is 1. The van der Waals surface area contributed by atoms with E-state index in [-0.39, 0.29) is 5.97 Å². The van der Waals surface area contributed by atoms with E-state index in [1.807, 2.05) is 0 Å². The summed E-state index contributed by atoms with van der Waals surface area (Å²) < 4.78 is 4.79. The fourth-order valence-corrected chi connectivity index (χ4v) is 0.673. The Hall–Kier alpha value is -0.990. The highest BCUT2D eigenvalue weighted by Crippen LogP contribution is 1.93. The van der Waals surface area contributed by atoms with Crippen molar-refractivity contribution in [2.75, 3.05) is 13.2 Å². The number of carbonyl (C=O) groups excluding carboxylic acids is 1. The van der Waals surface area contributed by atoms with Crippen LogP contribution in [0.3, 0.4) is 0 Å². The summed E-state index contributed by atoms with van der Waals surface area (Å²) in [5.41, 5.74) is 0.616. The van der Waals surface area contributed by atoms with E-state index >= 15 is 0 Å². The Balaban J connectivity index is 3.74. The van der Waals surface area contributed by atoms with Gasteiger partial charge in [-0.25, -0.2) is 4.79 Å². The SMILES string of the molecule is CCCN/C=C(/C)C(=O)OCC. The summed E-state index contributed by atoms with van der Waals surface area (Å²) in [6.45, 7) is 6.92. The van der Waals surface area contributed by atoms with Gasteiger partial charge < -0.3 is 10.1 Å². The van der Waals surface area contributed by atoms with Crippen LogP contribution < -0.4 is 5.32 Å². The largest absolute Gasteiger partial charge is 0.463 e. The minimum Gasteiger partial charge on any atom is -0.463 e. The van der Waals surface area contributed by atoms with Crippen LogP contribution >= 0.6 is 0 Å². The minimum atomic E-state index is -0.249. The van der Waals surface area contributed by atoms with Crippen molar-refractivity contribution >= 4 is 5.97 Å². The van der Waals surface area contributed by atoms with Crippen LogP contribution in [-0.4, -0.2) is 19.1 Å². The highest BCUT2D eigenvalue weighted by molar-refractivity contribution is 5.87. The summed E-state index contributed by atoms with van der Waals surface area (Å²) in [5.74, 6) is -0.249. The van der Waals surface area contributed by atoms with Crippen molar-refractivity contribution in [3.63, 3.8) is 0 Å². The van der Waals surface area contributed by atoms with Gasteiger partial charge in [0.05, 0.1) is 6.61 Å². The lowest BCUT2D eigenvalue weighted by atomic mass is 10.3. The van der Waals surface area contributed by atoms with E-state index in [1.54, 1.807) is 20.0 Å². The topological polar surface area (TPSA) is 38.3 Å². The lowest BCUT2D eigenvalue weighted by Gasteiger charge is -2.02. The number of hydrogen-bond acceptors (Lipinski definition) is 3. The molecule has 0 aromatic heterocycles. The maximum Gasteiger partial charge on any atom is 0.335 e. The van der Waals surface area contributed by atoms with Gasteiger partial charge in [-0.3, -0.25) is 0 Å². The van der Waals surface area contributed by atoms with Gasteiger partial charge in [-0.15, -0.1) is 0 Å². The van der Waals surface area contributed by atoms with E-state index in [4.69, 9.17) is 4.74 Å². The molecule has 0 rings (SSSR count). The van der Waals surface area contributed by atoms with Crippen molar-refractivity contribution < 1.29 is 9.53 Å². The average molecular weight is 171 g/mol. The van der Waals surface area contributed by atoms with Crippen LogP contribution in [0.1, 0.15) is 27.2 Å². The molecule has 0 aliphatic heterocycles. The van der Waals surface area contributed by atoms with Crippen molar-refractivity contribution in [1.82, 2.24) is 5.32 Å². The Labute approximate surface area is 73.8 Å². The van der Waals surface area contributed by atoms with Crippen molar-refractivity contribution in [3.05, 3.63) is 11.8 Å². The van der Waals surface area contributed by atoms with E-state index < -0.39 is 0 Å². The van der Waals surface area contributed by atoms with Gasteiger partial charge in [-0.1, -0.05) is 6.92 Å². The Bertz CT molecular complexity index is 164. The summed E-state index contributed by atoms with van der Waals surface area (Å²) in [7, 11) is 0. The molecule has 0 aromatic rings. The molecular weight excluding hydrogens is 154 g/mol. The molecule has 0 atom stereocenters. The molecule has 0 aliphatic carbocycles. The van der Waals surface area contributed by atoms with Crippen LogP contribution in [0.2, 0.25) is 0 Å². The second-order valence-corrected chi connectivity index (χ2v) is 2.50. The summed E-state index contributed by atoms with van der Waals surface area (Å²) in [6.07, 6.45) is 2.74. The third-order valence-corrected chi connectivity index (χ3v) is 1.31. The zero-order valence-corrected chi connectivity index (χ0v) is 8.02. The van der Waals surface area contributed by atoms with E-state index in [1.165, 1.54) is 0 Å². The van der Waals surface area contributed by atoms with Crippen molar-refractivity contribution in [2.45, 2.75) is 27.2 Å². The molecular formula is C9H17NO2. The Kier molecular flexibility index (Phi) is 6.15. The van der Waals surface area contributed by atoms with Crippen LogP contribution in [0.25, 0.3) is 0 Å². The summed E-state index contributed by atoms with van der Waals surface area (Å²) in [5, 5.41) is 3.01. The van der Waals surface area contributed by atoms with Crippen molar-refractivity contribution in [3.8, 4) is 0 Å². The number of rotatable bonds is 5. The van der Waals surface area contributed by atoms with Gasteiger partial charge >= 0.3 is 5.97 Å². The summed E-state index contributed by atoms with van der Waals surface area (Å²) >= 11 is 0. The number of ether oxygens (including phenoxy) is 1. The van der Waals surface area contributed by atoms with E-state index in [2.05, 4.69) is 12.2 Å². The van der Waals surface area contributed by atoms with Crippen LogP contribution in [0.5, 0.6) is 0 Å². The molecule has 0 amide bonds. The molecule has 0 heterocycles. The zero-order chi connectivity index (χ0) is 9.40. The first-order chi connectivity index (χ1) is 5.72. The molecule has 70 valence electrons. The predicted molar refractivity (Wildman–Crippen MR) is 48.7 cm³/mol. The van der Waals surface area contributed by atoms with Gasteiger partial charge in [-0.2, -0.15) is 0 Å². The first-order valence-corrected chi connectivity index (χ1v) is 4.29. The van der Waals surface area contributed by atoms with Gasteiger partial charge in [0, 0.05) is 18.3 Å². The van der Waals surface area contributed by atoms with Crippen molar-refractivity contribution in [2.24, 2.45) is 0 Å². The number of nitrogens with one attached hydrogen (secondary N) is 1. The molecule has 0 aliphatic rings. The second kappa shape index (κ2) is 6.70. The quantitative estimate of drug-likeness (QED) is 0.386. The Morgan fingerprint density at radius 2 is 2.17 bits per heavy atom. The van der Waals surface area contributed by atoms with Crippen LogP contribution in [-0.2, 0) is 9.53 Å². The Morgan fingerprint density at radius 1 is 1.50 bits per heavy atom. The average Bonchev–Trinajstić information content (AvgIpc) is 2.05. The molecule has 0 saturated carbocycles. The molecule has 0 unspecified atom stereocenters. The molecule has 3 nitrogen and oxygen atoms in total. The highest BCUT2D eigenvalue weighted by Gasteiger charge is 2.02. The fourth-order valence-electron chi connectivity index (χ4n) is 0.673. The van der Waals surface area contributed by atoms with E-state index in [9.17, 15) is 4.79 Å². The smallest absolute Gasteiger partial charge is 0.335 e. The maximum absolute atomic E-state index is 11.0. The van der Waals surface area contributed by atoms with Crippen LogP contribution in [0, 0.1) is 0 Å². The Morgan fingerprint density at radius 3 is 2.67 bits per heavy atom. The lowest BCUT2D eigenvalue weighted by molar-refractivity contribution is -0.138. The van der Waals surface area contributed by atoms with Gasteiger partial charge in [0.1, 0.15) is 0 Å². The molecule has 1 N–H and O–H groups in total. The summed E-state index contributed by atoms with van der Waals surface area (Å²) in [4.78, 5) is 11.0. The zero-order valence-electron chi connectivity index (χ0n) is 8.02. The van der Waals surface area contributed by atoms with Gasteiger partial charge in [0.2, 0.25) is 0 Å². The maximum atomic E-state index is 11.0.